The third-order valence-electron chi connectivity index (χ3n) is 3.02. The molecule has 2 rings (SSSR count). The van der Waals surface area contributed by atoms with Gasteiger partial charge >= 0.3 is 0 Å². The fourth-order valence-electron chi connectivity index (χ4n) is 2.05. The first-order valence-electron chi connectivity index (χ1n) is 6.90. The monoisotopic (exact) mass is 353 g/mol. The quantitative estimate of drug-likeness (QED) is 0.825. The molecule has 2 aromatic carbocycles. The summed E-state index contributed by atoms with van der Waals surface area (Å²) in [6.07, 6.45) is 0. The van der Waals surface area contributed by atoms with Crippen LogP contribution in [0, 0.1) is 0 Å². The van der Waals surface area contributed by atoms with E-state index in [1.54, 1.807) is 12.1 Å². The lowest BCUT2D eigenvalue weighted by Crippen LogP contribution is -2.35. The number of sulfonamides is 1. The molecular formula is C16H16ClNO4S. The molecule has 0 saturated heterocycles. The molecule has 1 amide bonds. The van der Waals surface area contributed by atoms with Gasteiger partial charge in [0, 0.05) is 11.9 Å². The van der Waals surface area contributed by atoms with Crippen LogP contribution in [-0.4, -0.2) is 20.9 Å². The summed E-state index contributed by atoms with van der Waals surface area (Å²) in [5, 5.41) is 0.416. The van der Waals surface area contributed by atoms with Gasteiger partial charge in [-0.15, -0.1) is 0 Å². The number of ether oxygens (including phenoxy) is 1. The minimum Gasteiger partial charge on any atom is -0.494 e. The molecule has 0 unspecified atom stereocenters. The maximum atomic E-state index is 12.7. The number of hydrogen-bond donors (Lipinski definition) is 0. The topological polar surface area (TPSA) is 63.7 Å². The standard InChI is InChI=1S/C16H16ClNO4S/c1-3-22-15-8-6-14(7-9-15)18(12(2)19)23(20,21)16-10-4-13(17)5-11-16/h4-11H,3H2,1-2H3. The van der Waals surface area contributed by atoms with Gasteiger partial charge in [-0.25, -0.2) is 12.7 Å². The van der Waals surface area contributed by atoms with Gasteiger partial charge in [-0.05, 0) is 55.5 Å². The van der Waals surface area contributed by atoms with E-state index < -0.39 is 15.9 Å². The summed E-state index contributed by atoms with van der Waals surface area (Å²) in [5.41, 5.74) is 0.246. The van der Waals surface area contributed by atoms with Crippen molar-refractivity contribution < 1.29 is 17.9 Å². The molecule has 0 aliphatic carbocycles. The normalized spacial score (nSPS) is 11.1. The summed E-state index contributed by atoms with van der Waals surface area (Å²) >= 11 is 5.78. The second kappa shape index (κ2) is 7.02. The van der Waals surface area contributed by atoms with E-state index in [9.17, 15) is 13.2 Å². The number of halogens is 1. The van der Waals surface area contributed by atoms with Crippen molar-refractivity contribution in [2.24, 2.45) is 0 Å². The van der Waals surface area contributed by atoms with Gasteiger partial charge in [0.15, 0.2) is 0 Å². The molecule has 0 aliphatic heterocycles. The lowest BCUT2D eigenvalue weighted by Gasteiger charge is -2.21. The van der Waals surface area contributed by atoms with Crippen LogP contribution in [0.25, 0.3) is 0 Å². The number of amides is 1. The van der Waals surface area contributed by atoms with E-state index in [2.05, 4.69) is 0 Å². The van der Waals surface area contributed by atoms with Crippen LogP contribution in [0.4, 0.5) is 5.69 Å². The summed E-state index contributed by atoms with van der Waals surface area (Å²) in [6.45, 7) is 3.55. The highest BCUT2D eigenvalue weighted by molar-refractivity contribution is 7.93. The Bertz CT molecular complexity index is 786. The van der Waals surface area contributed by atoms with Crippen LogP contribution in [0.5, 0.6) is 5.75 Å². The first-order chi connectivity index (χ1) is 10.9. The van der Waals surface area contributed by atoms with E-state index in [4.69, 9.17) is 16.3 Å². The zero-order chi connectivity index (χ0) is 17.0. The molecule has 122 valence electrons. The molecule has 0 N–H and O–H groups in total. The summed E-state index contributed by atoms with van der Waals surface area (Å²) in [4.78, 5) is 11.9. The molecule has 0 atom stereocenters. The Kier molecular flexibility index (Phi) is 5.28. The second-order valence-electron chi connectivity index (χ2n) is 4.67. The smallest absolute Gasteiger partial charge is 0.270 e. The van der Waals surface area contributed by atoms with Gasteiger partial charge in [-0.1, -0.05) is 11.6 Å². The van der Waals surface area contributed by atoms with Gasteiger partial charge < -0.3 is 4.74 Å². The van der Waals surface area contributed by atoms with Crippen molar-refractivity contribution in [1.82, 2.24) is 0 Å². The maximum Gasteiger partial charge on any atom is 0.270 e. The molecule has 23 heavy (non-hydrogen) atoms. The Labute approximate surface area is 140 Å². The van der Waals surface area contributed by atoms with Crippen molar-refractivity contribution in [2.45, 2.75) is 18.7 Å². The first-order valence-corrected chi connectivity index (χ1v) is 8.72. The van der Waals surface area contributed by atoms with E-state index >= 15 is 0 Å². The molecule has 0 radical (unpaired) electrons. The largest absolute Gasteiger partial charge is 0.494 e. The van der Waals surface area contributed by atoms with Crippen LogP contribution in [0.15, 0.2) is 53.4 Å². The number of rotatable bonds is 5. The Morgan fingerprint density at radius 3 is 2.13 bits per heavy atom. The fraction of sp³-hybridized carbons (Fsp3) is 0.188. The number of benzene rings is 2. The molecule has 0 fully saturated rings. The predicted molar refractivity (Wildman–Crippen MR) is 89.4 cm³/mol. The lowest BCUT2D eigenvalue weighted by atomic mass is 10.3. The zero-order valence-electron chi connectivity index (χ0n) is 12.7. The molecule has 0 spiro atoms. The maximum absolute atomic E-state index is 12.7. The molecular weight excluding hydrogens is 338 g/mol. The minimum atomic E-state index is -4.01. The summed E-state index contributed by atoms with van der Waals surface area (Å²) in [5.74, 6) is -0.00671. The molecule has 2 aromatic rings. The van der Waals surface area contributed by atoms with Crippen LogP contribution in [0.3, 0.4) is 0 Å². The van der Waals surface area contributed by atoms with E-state index in [1.165, 1.54) is 43.3 Å². The number of anilines is 1. The minimum absolute atomic E-state index is 0.00835. The summed E-state index contributed by atoms with van der Waals surface area (Å²) in [7, 11) is -4.01. The third-order valence-corrected chi connectivity index (χ3v) is 5.09. The van der Waals surface area contributed by atoms with Crippen LogP contribution in [-0.2, 0) is 14.8 Å². The van der Waals surface area contributed by atoms with Gasteiger partial charge in [0.2, 0.25) is 5.91 Å². The lowest BCUT2D eigenvalue weighted by molar-refractivity contribution is -0.115. The van der Waals surface area contributed by atoms with Crippen molar-refractivity contribution in [1.29, 1.82) is 0 Å². The van der Waals surface area contributed by atoms with E-state index in [0.29, 0.717) is 17.4 Å². The van der Waals surface area contributed by atoms with Crippen molar-refractivity contribution in [3.05, 3.63) is 53.6 Å². The molecule has 0 bridgehead atoms. The molecule has 0 heterocycles. The van der Waals surface area contributed by atoms with Crippen LogP contribution >= 0.6 is 11.6 Å². The van der Waals surface area contributed by atoms with Gasteiger partial charge in [-0.3, -0.25) is 4.79 Å². The SMILES string of the molecule is CCOc1ccc(N(C(C)=O)S(=O)(=O)c2ccc(Cl)cc2)cc1. The second-order valence-corrected chi connectivity index (χ2v) is 6.89. The average molecular weight is 354 g/mol. The van der Waals surface area contributed by atoms with E-state index in [0.717, 1.165) is 4.31 Å². The number of carbonyl (C=O) groups is 1. The average Bonchev–Trinajstić information content (AvgIpc) is 2.49. The molecule has 7 heteroatoms. The van der Waals surface area contributed by atoms with Crippen LogP contribution in [0.1, 0.15) is 13.8 Å². The molecule has 5 nitrogen and oxygen atoms in total. The Hall–Kier alpha value is -2.05. The van der Waals surface area contributed by atoms with Crippen molar-refractivity contribution in [3.8, 4) is 5.75 Å². The highest BCUT2D eigenvalue weighted by atomic mass is 35.5. The van der Waals surface area contributed by atoms with E-state index in [-0.39, 0.29) is 10.6 Å². The third kappa shape index (κ3) is 3.83. The number of hydrogen-bond acceptors (Lipinski definition) is 4. The van der Waals surface area contributed by atoms with Crippen molar-refractivity contribution in [2.75, 3.05) is 10.9 Å². The highest BCUT2D eigenvalue weighted by Crippen LogP contribution is 2.26. The predicted octanol–water partition coefficient (Wildman–Crippen LogP) is 3.48. The van der Waals surface area contributed by atoms with Crippen LogP contribution in [0.2, 0.25) is 5.02 Å². The highest BCUT2D eigenvalue weighted by Gasteiger charge is 2.28. The zero-order valence-corrected chi connectivity index (χ0v) is 14.3. The molecule has 0 saturated carbocycles. The van der Waals surface area contributed by atoms with Gasteiger partial charge in [0.05, 0.1) is 17.2 Å². The molecule has 0 aromatic heterocycles. The molecule has 0 aliphatic rings. The number of nitrogens with zero attached hydrogens (tertiary/aromatic N) is 1. The fourth-order valence-corrected chi connectivity index (χ4v) is 3.60. The van der Waals surface area contributed by atoms with Crippen molar-refractivity contribution in [3.63, 3.8) is 0 Å². The van der Waals surface area contributed by atoms with Gasteiger partial charge in [-0.2, -0.15) is 0 Å². The van der Waals surface area contributed by atoms with Gasteiger partial charge in [0.1, 0.15) is 5.75 Å². The van der Waals surface area contributed by atoms with Crippen LogP contribution < -0.4 is 9.04 Å². The Morgan fingerprint density at radius 2 is 1.65 bits per heavy atom. The summed E-state index contributed by atoms with van der Waals surface area (Å²) < 4.78 is 31.5. The van der Waals surface area contributed by atoms with Crippen molar-refractivity contribution >= 4 is 33.2 Å². The summed E-state index contributed by atoms with van der Waals surface area (Å²) in [6, 6.07) is 11.9. The Balaban J connectivity index is 2.45. The van der Waals surface area contributed by atoms with Gasteiger partial charge in [0.25, 0.3) is 10.0 Å². The Morgan fingerprint density at radius 1 is 1.09 bits per heavy atom. The number of carbonyl (C=O) groups excluding carboxylic acids is 1. The van der Waals surface area contributed by atoms with E-state index in [1.807, 2.05) is 6.92 Å². The first kappa shape index (κ1) is 17.3.